The molecule has 1 unspecified atom stereocenters. The number of hydrogen-bond acceptors (Lipinski definition) is 2. The fourth-order valence-corrected chi connectivity index (χ4v) is 2.41. The maximum atomic E-state index is 3.58. The van der Waals surface area contributed by atoms with Crippen LogP contribution in [0.5, 0.6) is 0 Å². The summed E-state index contributed by atoms with van der Waals surface area (Å²) in [6, 6.07) is 1.34. The van der Waals surface area contributed by atoms with E-state index in [1.54, 1.807) is 0 Å². The Bertz CT molecular complexity index is 176. The summed E-state index contributed by atoms with van der Waals surface area (Å²) >= 11 is 0. The molecule has 2 nitrogen and oxygen atoms in total. The van der Waals surface area contributed by atoms with Gasteiger partial charge in [0.1, 0.15) is 0 Å². The van der Waals surface area contributed by atoms with Crippen LogP contribution in [-0.4, -0.2) is 37.1 Å². The van der Waals surface area contributed by atoms with Gasteiger partial charge < -0.3 is 10.2 Å². The molecule has 16 heavy (non-hydrogen) atoms. The number of nitrogens with one attached hydrogen (secondary N) is 1. The van der Waals surface area contributed by atoms with Crippen LogP contribution in [0.2, 0.25) is 0 Å². The number of rotatable bonds is 8. The Morgan fingerprint density at radius 2 is 2.00 bits per heavy atom. The molecule has 96 valence electrons. The van der Waals surface area contributed by atoms with Crippen molar-refractivity contribution in [2.24, 2.45) is 5.92 Å². The van der Waals surface area contributed by atoms with E-state index in [2.05, 4.69) is 38.0 Å². The van der Waals surface area contributed by atoms with E-state index in [0.29, 0.717) is 6.04 Å². The van der Waals surface area contributed by atoms with Crippen molar-refractivity contribution in [1.29, 1.82) is 0 Å². The van der Waals surface area contributed by atoms with E-state index in [4.69, 9.17) is 0 Å². The summed E-state index contributed by atoms with van der Waals surface area (Å²) in [6.07, 6.45) is 6.99. The monoisotopic (exact) mass is 226 g/mol. The van der Waals surface area contributed by atoms with E-state index in [1.807, 2.05) is 0 Å². The molecular weight excluding hydrogens is 196 g/mol. The van der Waals surface area contributed by atoms with E-state index in [1.165, 1.54) is 38.6 Å². The van der Waals surface area contributed by atoms with Crippen LogP contribution in [0, 0.1) is 5.92 Å². The van der Waals surface area contributed by atoms with E-state index in [0.717, 1.165) is 18.5 Å². The summed E-state index contributed by atoms with van der Waals surface area (Å²) in [7, 11) is 2.31. The van der Waals surface area contributed by atoms with Crippen molar-refractivity contribution in [1.82, 2.24) is 10.2 Å². The molecule has 1 saturated carbocycles. The fourth-order valence-electron chi connectivity index (χ4n) is 2.41. The van der Waals surface area contributed by atoms with Gasteiger partial charge in [0.25, 0.3) is 0 Å². The van der Waals surface area contributed by atoms with Crippen molar-refractivity contribution in [3.05, 3.63) is 0 Å². The molecule has 1 fully saturated rings. The van der Waals surface area contributed by atoms with Gasteiger partial charge in [-0.3, -0.25) is 0 Å². The highest BCUT2D eigenvalue weighted by Gasteiger charge is 2.22. The van der Waals surface area contributed by atoms with Crippen LogP contribution in [0.4, 0.5) is 0 Å². The van der Waals surface area contributed by atoms with Gasteiger partial charge in [0.05, 0.1) is 0 Å². The molecule has 0 spiro atoms. The predicted octanol–water partition coefficient (Wildman–Crippen LogP) is 2.89. The molecule has 0 aromatic rings. The van der Waals surface area contributed by atoms with Crippen molar-refractivity contribution < 1.29 is 0 Å². The van der Waals surface area contributed by atoms with E-state index in [-0.39, 0.29) is 0 Å². The van der Waals surface area contributed by atoms with Crippen LogP contribution in [0.3, 0.4) is 0 Å². The maximum absolute atomic E-state index is 3.58. The third-order valence-electron chi connectivity index (χ3n) is 3.78. The van der Waals surface area contributed by atoms with Gasteiger partial charge >= 0.3 is 0 Å². The third kappa shape index (κ3) is 4.84. The summed E-state index contributed by atoms with van der Waals surface area (Å²) in [5.41, 5.74) is 0. The van der Waals surface area contributed by atoms with Gasteiger partial charge in [-0.1, -0.05) is 33.6 Å². The zero-order chi connectivity index (χ0) is 12.0. The van der Waals surface area contributed by atoms with Gasteiger partial charge in [0, 0.05) is 25.2 Å². The Balaban J connectivity index is 2.27. The minimum Gasteiger partial charge on any atom is -0.313 e. The van der Waals surface area contributed by atoms with Crippen LogP contribution < -0.4 is 5.32 Å². The molecule has 1 aliphatic carbocycles. The van der Waals surface area contributed by atoms with Gasteiger partial charge in [-0.2, -0.15) is 0 Å². The molecule has 1 aliphatic rings. The Kier molecular flexibility index (Phi) is 6.37. The molecule has 2 heteroatoms. The molecule has 1 atom stereocenters. The quantitative estimate of drug-likeness (QED) is 0.684. The van der Waals surface area contributed by atoms with Crippen molar-refractivity contribution >= 4 is 0 Å². The summed E-state index contributed by atoms with van der Waals surface area (Å²) in [6.45, 7) is 9.21. The van der Waals surface area contributed by atoms with Crippen LogP contribution in [0.15, 0.2) is 0 Å². The van der Waals surface area contributed by atoms with E-state index in [9.17, 15) is 0 Å². The van der Waals surface area contributed by atoms with Crippen LogP contribution in [0.25, 0.3) is 0 Å². The van der Waals surface area contributed by atoms with Gasteiger partial charge in [0.15, 0.2) is 0 Å². The Morgan fingerprint density at radius 3 is 2.44 bits per heavy atom. The average Bonchev–Trinajstić information content (AvgIpc) is 2.17. The molecule has 0 saturated heterocycles. The summed E-state index contributed by atoms with van der Waals surface area (Å²) in [4.78, 5) is 2.59. The molecule has 0 radical (unpaired) electrons. The fraction of sp³-hybridized carbons (Fsp3) is 1.00. The normalized spacial score (nSPS) is 19.1. The van der Waals surface area contributed by atoms with Crippen molar-refractivity contribution in [2.75, 3.05) is 20.1 Å². The second-order valence-electron chi connectivity index (χ2n) is 5.74. The van der Waals surface area contributed by atoms with Gasteiger partial charge in [-0.25, -0.2) is 0 Å². The number of nitrogens with zero attached hydrogens (tertiary/aromatic N) is 1. The first-order valence-electron chi connectivity index (χ1n) is 7.07. The van der Waals surface area contributed by atoms with Gasteiger partial charge in [0.2, 0.25) is 0 Å². The largest absolute Gasteiger partial charge is 0.313 e. The highest BCUT2D eigenvalue weighted by molar-refractivity contribution is 4.78. The lowest BCUT2D eigenvalue weighted by Gasteiger charge is -2.35. The van der Waals surface area contributed by atoms with E-state index < -0.39 is 0 Å². The molecular formula is C14H30N2. The maximum Gasteiger partial charge on any atom is 0.0217 e. The highest BCUT2D eigenvalue weighted by atomic mass is 15.2. The van der Waals surface area contributed by atoms with Crippen LogP contribution in [0.1, 0.15) is 52.9 Å². The molecule has 0 aromatic heterocycles. The summed E-state index contributed by atoms with van der Waals surface area (Å²) in [5, 5.41) is 3.58. The number of likely N-dealkylation sites (N-methyl/N-ethyl adjacent to an activating group) is 1. The molecule has 0 aliphatic heterocycles. The zero-order valence-electron chi connectivity index (χ0n) is 11.6. The smallest absolute Gasteiger partial charge is 0.0217 e. The summed E-state index contributed by atoms with van der Waals surface area (Å²) < 4.78 is 0. The van der Waals surface area contributed by atoms with Crippen molar-refractivity contribution in [3.8, 4) is 0 Å². The Morgan fingerprint density at radius 1 is 1.31 bits per heavy atom. The SMILES string of the molecule is CCCC(CNC(C)C)N(C)CC1CCC1. The molecule has 0 aromatic carbocycles. The van der Waals surface area contributed by atoms with Crippen LogP contribution in [-0.2, 0) is 0 Å². The first kappa shape index (κ1) is 14.0. The predicted molar refractivity (Wildman–Crippen MR) is 71.8 cm³/mol. The Hall–Kier alpha value is -0.0800. The van der Waals surface area contributed by atoms with Crippen molar-refractivity contribution in [3.63, 3.8) is 0 Å². The van der Waals surface area contributed by atoms with Crippen LogP contribution >= 0.6 is 0 Å². The van der Waals surface area contributed by atoms with Gasteiger partial charge in [-0.05, 0) is 32.2 Å². The first-order valence-corrected chi connectivity index (χ1v) is 7.07. The highest BCUT2D eigenvalue weighted by Crippen LogP contribution is 2.27. The minimum absolute atomic E-state index is 0.608. The lowest BCUT2D eigenvalue weighted by Crippen LogP contribution is -2.44. The minimum atomic E-state index is 0.608. The molecule has 0 amide bonds. The third-order valence-corrected chi connectivity index (χ3v) is 3.78. The Labute approximate surface area is 102 Å². The average molecular weight is 226 g/mol. The second kappa shape index (κ2) is 7.29. The van der Waals surface area contributed by atoms with E-state index >= 15 is 0 Å². The molecule has 1 N–H and O–H groups in total. The molecule has 0 heterocycles. The van der Waals surface area contributed by atoms with Gasteiger partial charge in [-0.15, -0.1) is 0 Å². The molecule has 1 rings (SSSR count). The number of hydrogen-bond donors (Lipinski definition) is 1. The lowest BCUT2D eigenvalue weighted by atomic mass is 9.85. The standard InChI is InChI=1S/C14H30N2/c1-5-7-14(10-15-12(2)3)16(4)11-13-8-6-9-13/h12-15H,5-11H2,1-4H3. The zero-order valence-corrected chi connectivity index (χ0v) is 11.6. The van der Waals surface area contributed by atoms with Crippen molar-refractivity contribution in [2.45, 2.75) is 65.0 Å². The second-order valence-corrected chi connectivity index (χ2v) is 5.74. The lowest BCUT2D eigenvalue weighted by molar-refractivity contribution is 0.151. The summed E-state index contributed by atoms with van der Waals surface area (Å²) in [5.74, 6) is 0.989. The molecule has 0 bridgehead atoms. The first-order chi connectivity index (χ1) is 7.63. The topological polar surface area (TPSA) is 15.3 Å².